The summed E-state index contributed by atoms with van der Waals surface area (Å²) in [6.45, 7) is 16.4. The van der Waals surface area contributed by atoms with Crippen LogP contribution in [0.15, 0.2) is 0 Å². The molecule has 0 heterocycles. The maximum absolute atomic E-state index is 5.68. The molecular weight excluding hydrogens is 200 g/mol. The van der Waals surface area contributed by atoms with Crippen molar-refractivity contribution in [1.29, 1.82) is 0 Å². The van der Waals surface area contributed by atoms with Crippen molar-refractivity contribution in [3.05, 3.63) is 0 Å². The lowest BCUT2D eigenvalue weighted by Gasteiger charge is -2.38. The summed E-state index contributed by atoms with van der Waals surface area (Å²) in [5.74, 6) is 1.27. The largest absolute Gasteiger partial charge is 0.381 e. The molecule has 0 saturated heterocycles. The summed E-state index contributed by atoms with van der Waals surface area (Å²) in [7, 11) is 0. The van der Waals surface area contributed by atoms with Gasteiger partial charge in [0.05, 0.1) is 13.2 Å². The Labute approximate surface area is 102 Å². The molecule has 0 aromatic rings. The van der Waals surface area contributed by atoms with E-state index < -0.39 is 0 Å². The summed E-state index contributed by atoms with van der Waals surface area (Å²) < 4.78 is 11.4. The van der Waals surface area contributed by atoms with Crippen molar-refractivity contribution in [3.63, 3.8) is 0 Å². The minimum atomic E-state index is 0.181. The monoisotopic (exact) mass is 230 g/mol. The van der Waals surface area contributed by atoms with Crippen LogP contribution in [0, 0.1) is 17.3 Å². The van der Waals surface area contributed by atoms with Gasteiger partial charge in [0, 0.05) is 18.6 Å². The van der Waals surface area contributed by atoms with E-state index >= 15 is 0 Å². The number of ether oxygens (including phenoxy) is 2. The molecule has 0 amide bonds. The minimum absolute atomic E-state index is 0.181. The second kappa shape index (κ2) is 8.08. The van der Waals surface area contributed by atoms with Crippen LogP contribution in [-0.4, -0.2) is 26.4 Å². The summed E-state index contributed by atoms with van der Waals surface area (Å²) in [4.78, 5) is 0. The molecule has 0 rings (SSSR count). The Balaban J connectivity index is 4.59. The van der Waals surface area contributed by atoms with Crippen LogP contribution < -0.4 is 0 Å². The lowest BCUT2D eigenvalue weighted by atomic mass is 9.73. The molecular formula is C14H30O2. The molecule has 0 spiro atoms. The third-order valence-corrected chi connectivity index (χ3v) is 3.23. The Morgan fingerprint density at radius 2 is 1.31 bits per heavy atom. The van der Waals surface area contributed by atoms with E-state index in [1.165, 1.54) is 6.42 Å². The zero-order valence-corrected chi connectivity index (χ0v) is 12.0. The van der Waals surface area contributed by atoms with Crippen LogP contribution in [0.3, 0.4) is 0 Å². The van der Waals surface area contributed by atoms with Gasteiger partial charge in [-0.25, -0.2) is 0 Å². The number of hydrogen-bond donors (Lipinski definition) is 0. The van der Waals surface area contributed by atoms with Gasteiger partial charge < -0.3 is 9.47 Å². The standard InChI is InChI=1S/C14H30O2/c1-7-15-10-14(13(5)6,9-12(3)4)11-16-8-2/h12-13H,7-11H2,1-6H3. The van der Waals surface area contributed by atoms with E-state index in [2.05, 4.69) is 41.5 Å². The van der Waals surface area contributed by atoms with Gasteiger partial charge in [0.15, 0.2) is 0 Å². The first-order valence-electron chi connectivity index (χ1n) is 6.64. The normalized spacial score (nSPS) is 12.8. The molecule has 16 heavy (non-hydrogen) atoms. The molecule has 2 nitrogen and oxygen atoms in total. The number of rotatable bonds is 9. The molecule has 0 N–H and O–H groups in total. The minimum Gasteiger partial charge on any atom is -0.381 e. The van der Waals surface area contributed by atoms with E-state index in [0.717, 1.165) is 26.4 Å². The smallest absolute Gasteiger partial charge is 0.0546 e. The van der Waals surface area contributed by atoms with Crippen LogP contribution in [0.4, 0.5) is 0 Å². The molecule has 0 aromatic heterocycles. The van der Waals surface area contributed by atoms with Crippen molar-refractivity contribution in [1.82, 2.24) is 0 Å². The lowest BCUT2D eigenvalue weighted by Crippen LogP contribution is -2.39. The van der Waals surface area contributed by atoms with E-state index in [9.17, 15) is 0 Å². The molecule has 0 aliphatic heterocycles. The molecule has 0 unspecified atom stereocenters. The first-order chi connectivity index (χ1) is 7.48. The van der Waals surface area contributed by atoms with E-state index in [1.807, 2.05) is 0 Å². The van der Waals surface area contributed by atoms with Gasteiger partial charge >= 0.3 is 0 Å². The van der Waals surface area contributed by atoms with Crippen LogP contribution in [-0.2, 0) is 9.47 Å². The van der Waals surface area contributed by atoms with Gasteiger partial charge in [-0.2, -0.15) is 0 Å². The van der Waals surface area contributed by atoms with Crippen molar-refractivity contribution < 1.29 is 9.47 Å². The Kier molecular flexibility index (Phi) is 8.04. The third-order valence-electron chi connectivity index (χ3n) is 3.23. The van der Waals surface area contributed by atoms with E-state index in [-0.39, 0.29) is 5.41 Å². The molecule has 98 valence electrons. The Bertz CT molecular complexity index is 156. The van der Waals surface area contributed by atoms with Crippen molar-refractivity contribution in [2.75, 3.05) is 26.4 Å². The highest BCUT2D eigenvalue weighted by molar-refractivity contribution is 4.83. The molecule has 0 aliphatic rings. The highest BCUT2D eigenvalue weighted by atomic mass is 16.5. The highest BCUT2D eigenvalue weighted by Crippen LogP contribution is 2.35. The summed E-state index contributed by atoms with van der Waals surface area (Å²) in [5.41, 5.74) is 0.181. The second-order valence-corrected chi connectivity index (χ2v) is 5.39. The van der Waals surface area contributed by atoms with Gasteiger partial charge in [0.25, 0.3) is 0 Å². The Morgan fingerprint density at radius 1 is 0.875 bits per heavy atom. The third kappa shape index (κ3) is 5.31. The molecule has 0 saturated carbocycles. The average Bonchev–Trinajstić information content (AvgIpc) is 2.21. The van der Waals surface area contributed by atoms with Crippen molar-refractivity contribution in [2.24, 2.45) is 17.3 Å². The SMILES string of the molecule is CCOCC(COCC)(CC(C)C)C(C)C. The van der Waals surface area contributed by atoms with Crippen LogP contribution in [0.25, 0.3) is 0 Å². The Hall–Kier alpha value is -0.0800. The average molecular weight is 230 g/mol. The molecule has 0 radical (unpaired) electrons. The van der Waals surface area contributed by atoms with Crippen molar-refractivity contribution >= 4 is 0 Å². The van der Waals surface area contributed by atoms with Crippen molar-refractivity contribution in [3.8, 4) is 0 Å². The van der Waals surface area contributed by atoms with Crippen LogP contribution in [0.5, 0.6) is 0 Å². The van der Waals surface area contributed by atoms with E-state index in [1.54, 1.807) is 0 Å². The van der Waals surface area contributed by atoms with Crippen LogP contribution in [0.2, 0.25) is 0 Å². The summed E-state index contributed by atoms with van der Waals surface area (Å²) in [6.07, 6.45) is 1.17. The topological polar surface area (TPSA) is 18.5 Å². The first-order valence-corrected chi connectivity index (χ1v) is 6.64. The fourth-order valence-corrected chi connectivity index (χ4v) is 2.15. The van der Waals surface area contributed by atoms with Gasteiger partial charge in [-0.15, -0.1) is 0 Å². The molecule has 0 bridgehead atoms. The van der Waals surface area contributed by atoms with Crippen LogP contribution >= 0.6 is 0 Å². The van der Waals surface area contributed by atoms with E-state index in [4.69, 9.17) is 9.47 Å². The maximum Gasteiger partial charge on any atom is 0.0546 e. The van der Waals surface area contributed by atoms with Gasteiger partial charge in [-0.05, 0) is 32.1 Å². The fourth-order valence-electron chi connectivity index (χ4n) is 2.15. The molecule has 0 aliphatic carbocycles. The molecule has 0 aromatic carbocycles. The zero-order chi connectivity index (χ0) is 12.6. The Morgan fingerprint density at radius 3 is 1.56 bits per heavy atom. The van der Waals surface area contributed by atoms with Crippen molar-refractivity contribution in [2.45, 2.75) is 48.0 Å². The van der Waals surface area contributed by atoms with Crippen LogP contribution in [0.1, 0.15) is 48.0 Å². The summed E-state index contributed by atoms with van der Waals surface area (Å²) >= 11 is 0. The molecule has 2 heteroatoms. The highest BCUT2D eigenvalue weighted by Gasteiger charge is 2.35. The summed E-state index contributed by atoms with van der Waals surface area (Å²) in [5, 5.41) is 0. The van der Waals surface area contributed by atoms with Gasteiger partial charge in [0.1, 0.15) is 0 Å². The van der Waals surface area contributed by atoms with Gasteiger partial charge in [-0.3, -0.25) is 0 Å². The summed E-state index contributed by atoms with van der Waals surface area (Å²) in [6, 6.07) is 0. The van der Waals surface area contributed by atoms with E-state index in [0.29, 0.717) is 11.8 Å². The quantitative estimate of drug-likeness (QED) is 0.600. The maximum atomic E-state index is 5.68. The fraction of sp³-hybridized carbons (Fsp3) is 1.00. The lowest BCUT2D eigenvalue weighted by molar-refractivity contribution is -0.0544. The molecule has 0 atom stereocenters. The predicted molar refractivity (Wildman–Crippen MR) is 69.7 cm³/mol. The number of hydrogen-bond acceptors (Lipinski definition) is 2. The predicted octanol–water partition coefficient (Wildman–Crippen LogP) is 3.75. The van der Waals surface area contributed by atoms with Gasteiger partial charge in [-0.1, -0.05) is 27.7 Å². The first kappa shape index (κ1) is 15.9. The second-order valence-electron chi connectivity index (χ2n) is 5.39. The van der Waals surface area contributed by atoms with Gasteiger partial charge in [0.2, 0.25) is 0 Å². The molecule has 0 fully saturated rings. The zero-order valence-electron chi connectivity index (χ0n) is 12.0.